The Balaban J connectivity index is 2.25. The number of fused-ring (bicyclic) bond motifs is 1. The van der Waals surface area contributed by atoms with Gasteiger partial charge in [-0.15, -0.1) is 0 Å². The normalized spacial score (nSPS) is 11.7. The summed E-state index contributed by atoms with van der Waals surface area (Å²) in [6.45, 7) is 0. The minimum absolute atomic E-state index is 0.0251. The Kier molecular flexibility index (Phi) is 3.13. The van der Waals surface area contributed by atoms with Gasteiger partial charge in [-0.1, -0.05) is 18.2 Å². The Morgan fingerprint density at radius 2 is 1.90 bits per heavy atom. The zero-order valence-electron chi connectivity index (χ0n) is 11.0. The van der Waals surface area contributed by atoms with E-state index in [1.807, 2.05) is 0 Å². The van der Waals surface area contributed by atoms with E-state index < -0.39 is 15.8 Å². The Hall–Kier alpha value is -2.41. The van der Waals surface area contributed by atoms with Crippen molar-refractivity contribution in [1.29, 1.82) is 0 Å². The lowest BCUT2D eigenvalue weighted by Gasteiger charge is -2.07. The van der Waals surface area contributed by atoms with Crippen LogP contribution >= 0.6 is 0 Å². The Morgan fingerprint density at radius 1 is 1.19 bits per heavy atom. The quantitative estimate of drug-likeness (QED) is 0.745. The van der Waals surface area contributed by atoms with Crippen molar-refractivity contribution in [2.24, 2.45) is 0 Å². The largest absolute Gasteiger partial charge is 0.492 e. The summed E-state index contributed by atoms with van der Waals surface area (Å²) >= 11 is 0. The van der Waals surface area contributed by atoms with Crippen molar-refractivity contribution in [2.75, 3.05) is 7.11 Å². The van der Waals surface area contributed by atoms with E-state index in [0.717, 1.165) is 10.2 Å². The van der Waals surface area contributed by atoms with Crippen LogP contribution in [-0.2, 0) is 10.0 Å². The SMILES string of the molecule is COc1cnc2c(ccn2S(=O)(=O)c2ccccc2)c1F. The lowest BCUT2D eigenvalue weighted by atomic mass is 10.3. The number of nitrogens with zero attached hydrogens (tertiary/aromatic N) is 2. The summed E-state index contributed by atoms with van der Waals surface area (Å²) in [7, 11) is -2.49. The van der Waals surface area contributed by atoms with Gasteiger partial charge in [0.15, 0.2) is 17.2 Å². The topological polar surface area (TPSA) is 61.2 Å². The maximum absolute atomic E-state index is 14.1. The molecule has 0 atom stereocenters. The summed E-state index contributed by atoms with van der Waals surface area (Å²) in [6, 6.07) is 9.27. The van der Waals surface area contributed by atoms with E-state index in [1.54, 1.807) is 18.2 Å². The molecule has 2 aromatic heterocycles. The van der Waals surface area contributed by atoms with Crippen LogP contribution in [0.2, 0.25) is 0 Å². The third-order valence-corrected chi connectivity index (χ3v) is 4.78. The van der Waals surface area contributed by atoms with Crippen LogP contribution in [0.4, 0.5) is 4.39 Å². The van der Waals surface area contributed by atoms with Crippen molar-refractivity contribution >= 4 is 21.1 Å². The number of benzene rings is 1. The maximum Gasteiger partial charge on any atom is 0.269 e. The molecule has 1 aromatic carbocycles. The molecule has 3 rings (SSSR count). The molecular weight excluding hydrogens is 295 g/mol. The van der Waals surface area contributed by atoms with E-state index in [0.29, 0.717) is 0 Å². The van der Waals surface area contributed by atoms with E-state index in [9.17, 15) is 12.8 Å². The first-order valence-corrected chi connectivity index (χ1v) is 7.50. The van der Waals surface area contributed by atoms with Gasteiger partial charge in [0.25, 0.3) is 10.0 Å². The maximum atomic E-state index is 14.1. The summed E-state index contributed by atoms with van der Waals surface area (Å²) in [5.74, 6) is -0.665. The van der Waals surface area contributed by atoms with Crippen LogP contribution in [0.1, 0.15) is 0 Å². The van der Waals surface area contributed by atoms with Crippen LogP contribution < -0.4 is 4.74 Å². The van der Waals surface area contributed by atoms with Gasteiger partial charge in [-0.2, -0.15) is 0 Å². The second kappa shape index (κ2) is 4.85. The highest BCUT2D eigenvalue weighted by Gasteiger charge is 2.21. The van der Waals surface area contributed by atoms with Crippen LogP contribution in [0.3, 0.4) is 0 Å². The van der Waals surface area contributed by atoms with Crippen LogP contribution in [0.25, 0.3) is 11.0 Å². The summed E-state index contributed by atoms with van der Waals surface area (Å²) in [4.78, 5) is 4.09. The standard InChI is InChI=1S/C14H11FN2O3S/c1-20-12-9-16-14-11(13(12)15)7-8-17(14)21(18,19)10-5-3-2-4-6-10/h2-9H,1H3. The number of ether oxygens (including phenoxy) is 1. The minimum atomic E-state index is -3.81. The van der Waals surface area contributed by atoms with E-state index in [4.69, 9.17) is 4.74 Å². The number of hydrogen-bond acceptors (Lipinski definition) is 4. The van der Waals surface area contributed by atoms with Crippen molar-refractivity contribution in [3.8, 4) is 5.75 Å². The first kappa shape index (κ1) is 13.6. The summed E-state index contributed by atoms with van der Waals surface area (Å²) in [6.07, 6.45) is 2.44. The van der Waals surface area contributed by atoms with Gasteiger partial charge in [-0.25, -0.2) is 21.8 Å². The Labute approximate surface area is 120 Å². The third-order valence-electron chi connectivity index (χ3n) is 3.10. The fraction of sp³-hybridized carbons (Fsp3) is 0.0714. The number of hydrogen-bond donors (Lipinski definition) is 0. The van der Waals surface area contributed by atoms with Gasteiger partial charge in [-0.3, -0.25) is 0 Å². The van der Waals surface area contributed by atoms with Gasteiger partial charge >= 0.3 is 0 Å². The summed E-state index contributed by atoms with van der Waals surface area (Å²) in [5, 5.41) is 0.0915. The molecule has 0 aliphatic rings. The van der Waals surface area contributed by atoms with Crippen molar-refractivity contribution in [3.05, 3.63) is 54.6 Å². The molecule has 0 saturated carbocycles. The zero-order valence-corrected chi connectivity index (χ0v) is 11.8. The van der Waals surface area contributed by atoms with Gasteiger partial charge in [-0.05, 0) is 18.2 Å². The third kappa shape index (κ3) is 2.06. The molecule has 3 aromatic rings. The molecule has 0 amide bonds. The lowest BCUT2D eigenvalue weighted by molar-refractivity contribution is 0.387. The fourth-order valence-corrected chi connectivity index (χ4v) is 3.38. The first-order valence-electron chi connectivity index (χ1n) is 6.06. The smallest absolute Gasteiger partial charge is 0.269 e. The molecule has 0 N–H and O–H groups in total. The minimum Gasteiger partial charge on any atom is -0.492 e. The molecule has 0 aliphatic heterocycles. The second-order valence-corrected chi connectivity index (χ2v) is 6.12. The van der Waals surface area contributed by atoms with Crippen molar-refractivity contribution in [3.63, 3.8) is 0 Å². The summed E-state index contributed by atoms with van der Waals surface area (Å²) < 4.78 is 45.0. The Bertz CT molecular complexity index is 905. The van der Waals surface area contributed by atoms with E-state index >= 15 is 0 Å². The molecule has 2 heterocycles. The number of pyridine rings is 1. The van der Waals surface area contributed by atoms with Gasteiger partial charge < -0.3 is 4.74 Å². The zero-order chi connectivity index (χ0) is 15.0. The highest BCUT2D eigenvalue weighted by molar-refractivity contribution is 7.90. The number of aromatic nitrogens is 2. The Morgan fingerprint density at radius 3 is 2.57 bits per heavy atom. The molecule has 108 valence electrons. The lowest BCUT2D eigenvalue weighted by Crippen LogP contribution is -2.12. The molecule has 21 heavy (non-hydrogen) atoms. The molecule has 0 unspecified atom stereocenters. The van der Waals surface area contributed by atoms with Gasteiger partial charge in [0.2, 0.25) is 0 Å². The predicted octanol–water partition coefficient (Wildman–Crippen LogP) is 2.42. The number of methoxy groups -OCH3 is 1. The molecule has 0 radical (unpaired) electrons. The van der Waals surface area contributed by atoms with E-state index in [-0.39, 0.29) is 21.7 Å². The average molecular weight is 306 g/mol. The predicted molar refractivity (Wildman–Crippen MR) is 75.3 cm³/mol. The monoisotopic (exact) mass is 306 g/mol. The molecule has 0 spiro atoms. The van der Waals surface area contributed by atoms with Crippen LogP contribution in [0, 0.1) is 5.82 Å². The van der Waals surface area contributed by atoms with Gasteiger partial charge in [0.1, 0.15) is 0 Å². The highest BCUT2D eigenvalue weighted by atomic mass is 32.2. The van der Waals surface area contributed by atoms with Gasteiger partial charge in [0, 0.05) is 6.20 Å². The van der Waals surface area contributed by atoms with Crippen LogP contribution in [0.15, 0.2) is 53.7 Å². The number of rotatable bonds is 3. The van der Waals surface area contributed by atoms with Crippen LogP contribution in [0.5, 0.6) is 5.75 Å². The molecular formula is C14H11FN2O3S. The van der Waals surface area contributed by atoms with Crippen molar-refractivity contribution in [2.45, 2.75) is 4.90 Å². The number of halogens is 1. The second-order valence-electron chi connectivity index (χ2n) is 4.31. The fourth-order valence-electron chi connectivity index (χ4n) is 2.06. The van der Waals surface area contributed by atoms with E-state index in [2.05, 4.69) is 4.98 Å². The van der Waals surface area contributed by atoms with E-state index in [1.165, 1.54) is 31.5 Å². The van der Waals surface area contributed by atoms with Crippen molar-refractivity contribution < 1.29 is 17.5 Å². The first-order chi connectivity index (χ1) is 10.1. The highest BCUT2D eigenvalue weighted by Crippen LogP contribution is 2.27. The molecule has 5 nitrogen and oxygen atoms in total. The molecule has 0 bridgehead atoms. The van der Waals surface area contributed by atoms with Gasteiger partial charge in [0.05, 0.1) is 23.6 Å². The van der Waals surface area contributed by atoms with Crippen molar-refractivity contribution in [1.82, 2.24) is 8.96 Å². The molecule has 0 fully saturated rings. The summed E-state index contributed by atoms with van der Waals surface area (Å²) in [5.41, 5.74) is 0.0251. The molecule has 0 aliphatic carbocycles. The molecule has 7 heteroatoms. The molecule has 0 saturated heterocycles. The average Bonchev–Trinajstić information content (AvgIpc) is 2.94. The van der Waals surface area contributed by atoms with Crippen LogP contribution in [-0.4, -0.2) is 24.5 Å².